The van der Waals surface area contributed by atoms with Crippen molar-refractivity contribution in [2.24, 2.45) is 0 Å². The number of anilines is 1. The molecule has 0 spiro atoms. The van der Waals surface area contributed by atoms with Crippen LogP contribution in [0.4, 0.5) is 5.82 Å². The molecule has 4 nitrogen and oxygen atoms in total. The van der Waals surface area contributed by atoms with Gasteiger partial charge in [0.2, 0.25) is 0 Å². The van der Waals surface area contributed by atoms with Crippen molar-refractivity contribution < 1.29 is 4.74 Å². The number of ether oxygens (including phenoxy) is 1. The molecule has 0 amide bonds. The Morgan fingerprint density at radius 3 is 2.90 bits per heavy atom. The number of rotatable bonds is 3. The van der Waals surface area contributed by atoms with Gasteiger partial charge in [0.05, 0.1) is 0 Å². The SMILES string of the molecule is CNc1cc(C2CC2)nc(C2CSc3ccccc3O2)n1. The molecule has 2 heterocycles. The van der Waals surface area contributed by atoms with Gasteiger partial charge in [-0.1, -0.05) is 12.1 Å². The van der Waals surface area contributed by atoms with Gasteiger partial charge in [0, 0.05) is 35.4 Å². The molecule has 0 bridgehead atoms. The van der Waals surface area contributed by atoms with E-state index in [4.69, 9.17) is 9.72 Å². The van der Waals surface area contributed by atoms with Crippen LogP contribution < -0.4 is 10.1 Å². The highest BCUT2D eigenvalue weighted by molar-refractivity contribution is 7.99. The second-order valence-corrected chi connectivity index (χ2v) is 6.49. The maximum atomic E-state index is 6.10. The van der Waals surface area contributed by atoms with Crippen LogP contribution in [0.15, 0.2) is 35.2 Å². The van der Waals surface area contributed by atoms with Crippen LogP contribution in [0.3, 0.4) is 0 Å². The van der Waals surface area contributed by atoms with Gasteiger partial charge in [-0.05, 0) is 25.0 Å². The van der Waals surface area contributed by atoms with Crippen molar-refractivity contribution in [1.82, 2.24) is 9.97 Å². The van der Waals surface area contributed by atoms with Gasteiger partial charge in [0.25, 0.3) is 0 Å². The monoisotopic (exact) mass is 299 g/mol. The number of nitrogens with zero attached hydrogens (tertiary/aromatic N) is 2. The normalized spacial score (nSPS) is 20.5. The lowest BCUT2D eigenvalue weighted by molar-refractivity contribution is 0.210. The van der Waals surface area contributed by atoms with E-state index in [2.05, 4.69) is 22.4 Å². The Kier molecular flexibility index (Phi) is 3.22. The molecule has 2 aromatic rings. The molecule has 0 saturated heterocycles. The summed E-state index contributed by atoms with van der Waals surface area (Å²) in [6, 6.07) is 10.2. The van der Waals surface area contributed by atoms with Gasteiger partial charge in [-0.2, -0.15) is 0 Å². The van der Waals surface area contributed by atoms with Gasteiger partial charge >= 0.3 is 0 Å². The smallest absolute Gasteiger partial charge is 0.172 e. The lowest BCUT2D eigenvalue weighted by Crippen LogP contribution is -2.19. The third-order valence-electron chi connectivity index (χ3n) is 3.81. The standard InChI is InChI=1S/C16H17N3OS/c1-17-15-8-11(10-6-7-10)18-16(19-15)13-9-21-14-5-3-2-4-12(14)20-13/h2-5,8,10,13H,6-7,9H2,1H3,(H,17,18,19). The topological polar surface area (TPSA) is 47.0 Å². The molecule has 1 aliphatic heterocycles. The molecule has 1 fully saturated rings. The molecule has 5 heteroatoms. The van der Waals surface area contributed by atoms with Gasteiger partial charge in [0.1, 0.15) is 11.6 Å². The minimum Gasteiger partial charge on any atom is -0.480 e. The molecular weight excluding hydrogens is 282 g/mol. The van der Waals surface area contributed by atoms with Crippen LogP contribution in [0, 0.1) is 0 Å². The first-order valence-electron chi connectivity index (χ1n) is 7.28. The van der Waals surface area contributed by atoms with Gasteiger partial charge < -0.3 is 10.1 Å². The number of hydrogen-bond donors (Lipinski definition) is 1. The first kappa shape index (κ1) is 13.0. The largest absolute Gasteiger partial charge is 0.480 e. The van der Waals surface area contributed by atoms with Crippen LogP contribution in [0.1, 0.15) is 36.4 Å². The fourth-order valence-corrected chi connectivity index (χ4v) is 3.47. The van der Waals surface area contributed by atoms with Gasteiger partial charge in [-0.3, -0.25) is 0 Å². The first-order valence-corrected chi connectivity index (χ1v) is 8.27. The van der Waals surface area contributed by atoms with Gasteiger partial charge in [-0.25, -0.2) is 9.97 Å². The Balaban J connectivity index is 1.66. The van der Waals surface area contributed by atoms with Crippen molar-refractivity contribution in [3.63, 3.8) is 0 Å². The van der Waals surface area contributed by atoms with Crippen LogP contribution in [-0.4, -0.2) is 22.8 Å². The molecule has 1 aromatic heterocycles. The summed E-state index contributed by atoms with van der Waals surface area (Å²) in [5.74, 6) is 4.08. The molecule has 108 valence electrons. The van der Waals surface area contributed by atoms with E-state index in [1.807, 2.05) is 37.0 Å². The summed E-state index contributed by atoms with van der Waals surface area (Å²) in [5.41, 5.74) is 1.15. The summed E-state index contributed by atoms with van der Waals surface area (Å²) >= 11 is 1.81. The van der Waals surface area contributed by atoms with Crippen LogP contribution >= 0.6 is 11.8 Å². The molecule has 4 rings (SSSR count). The number of fused-ring (bicyclic) bond motifs is 1. The lowest BCUT2D eigenvalue weighted by Gasteiger charge is -2.25. The zero-order chi connectivity index (χ0) is 14.2. The predicted octanol–water partition coefficient (Wildman–Crippen LogP) is 3.62. The highest BCUT2D eigenvalue weighted by Crippen LogP contribution is 2.42. The fraction of sp³-hybridized carbons (Fsp3) is 0.375. The number of benzene rings is 1. The Hall–Kier alpha value is -1.75. The Morgan fingerprint density at radius 2 is 2.10 bits per heavy atom. The molecule has 1 aliphatic carbocycles. The molecule has 1 aromatic carbocycles. The average molecular weight is 299 g/mol. The summed E-state index contributed by atoms with van der Waals surface area (Å²) in [5, 5.41) is 3.14. The third kappa shape index (κ3) is 2.58. The van der Waals surface area contributed by atoms with Crippen molar-refractivity contribution in [1.29, 1.82) is 0 Å². The Labute approximate surface area is 128 Å². The summed E-state index contributed by atoms with van der Waals surface area (Å²) in [6.45, 7) is 0. The highest BCUT2D eigenvalue weighted by atomic mass is 32.2. The van der Waals surface area contributed by atoms with Crippen molar-refractivity contribution in [3.8, 4) is 5.75 Å². The molecule has 1 N–H and O–H groups in total. The van der Waals surface area contributed by atoms with Crippen molar-refractivity contribution in [3.05, 3.63) is 41.9 Å². The summed E-state index contributed by atoms with van der Waals surface area (Å²) in [4.78, 5) is 10.5. The molecule has 2 aliphatic rings. The van der Waals surface area contributed by atoms with E-state index in [0.29, 0.717) is 5.92 Å². The number of aromatic nitrogens is 2. The van der Waals surface area contributed by atoms with E-state index in [-0.39, 0.29) is 6.10 Å². The average Bonchev–Trinajstić information content (AvgIpc) is 3.39. The van der Waals surface area contributed by atoms with E-state index < -0.39 is 0 Å². The molecule has 1 saturated carbocycles. The maximum absolute atomic E-state index is 6.10. The number of hydrogen-bond acceptors (Lipinski definition) is 5. The highest BCUT2D eigenvalue weighted by Gasteiger charge is 2.29. The van der Waals surface area contributed by atoms with Crippen molar-refractivity contribution in [2.75, 3.05) is 18.1 Å². The number of para-hydroxylation sites is 1. The van der Waals surface area contributed by atoms with Crippen molar-refractivity contribution in [2.45, 2.75) is 29.8 Å². The molecular formula is C16H17N3OS. The van der Waals surface area contributed by atoms with E-state index >= 15 is 0 Å². The molecule has 0 radical (unpaired) electrons. The van der Waals surface area contributed by atoms with Crippen LogP contribution in [0.2, 0.25) is 0 Å². The van der Waals surface area contributed by atoms with E-state index in [1.165, 1.54) is 17.7 Å². The second-order valence-electron chi connectivity index (χ2n) is 5.42. The summed E-state index contributed by atoms with van der Waals surface area (Å²) in [6.07, 6.45) is 2.40. The Morgan fingerprint density at radius 1 is 1.24 bits per heavy atom. The van der Waals surface area contributed by atoms with Crippen molar-refractivity contribution >= 4 is 17.6 Å². The van der Waals surface area contributed by atoms with Gasteiger partial charge in [-0.15, -0.1) is 11.8 Å². The predicted molar refractivity (Wildman–Crippen MR) is 84.1 cm³/mol. The quantitative estimate of drug-likeness (QED) is 0.938. The summed E-state index contributed by atoms with van der Waals surface area (Å²) in [7, 11) is 1.90. The molecule has 1 atom stereocenters. The van der Waals surface area contributed by atoms with E-state index in [9.17, 15) is 0 Å². The number of thioether (sulfide) groups is 1. The minimum atomic E-state index is -0.0734. The summed E-state index contributed by atoms with van der Waals surface area (Å²) < 4.78 is 6.10. The second kappa shape index (κ2) is 5.22. The third-order valence-corrected chi connectivity index (χ3v) is 4.93. The maximum Gasteiger partial charge on any atom is 0.172 e. The van der Waals surface area contributed by atoms with E-state index in [1.54, 1.807) is 0 Å². The lowest BCUT2D eigenvalue weighted by atomic mass is 10.2. The molecule has 1 unspecified atom stereocenters. The van der Waals surface area contributed by atoms with Crippen LogP contribution in [0.25, 0.3) is 0 Å². The molecule has 21 heavy (non-hydrogen) atoms. The zero-order valence-electron chi connectivity index (χ0n) is 11.9. The van der Waals surface area contributed by atoms with Gasteiger partial charge in [0.15, 0.2) is 11.9 Å². The van der Waals surface area contributed by atoms with Crippen LogP contribution in [-0.2, 0) is 0 Å². The van der Waals surface area contributed by atoms with E-state index in [0.717, 1.165) is 28.8 Å². The zero-order valence-corrected chi connectivity index (χ0v) is 12.7. The fourth-order valence-electron chi connectivity index (χ4n) is 2.49. The first-order chi connectivity index (χ1) is 10.3. The Bertz CT molecular complexity index is 672. The minimum absolute atomic E-state index is 0.0734. The number of nitrogens with one attached hydrogen (secondary N) is 1. The van der Waals surface area contributed by atoms with Crippen LogP contribution in [0.5, 0.6) is 5.75 Å².